The minimum absolute atomic E-state index is 0.137. The van der Waals surface area contributed by atoms with Crippen LogP contribution in [-0.2, 0) is 22.6 Å². The fourth-order valence-corrected chi connectivity index (χ4v) is 3.10. The summed E-state index contributed by atoms with van der Waals surface area (Å²) in [5.74, 6) is -1.27. The second kappa shape index (κ2) is 8.77. The zero-order valence-electron chi connectivity index (χ0n) is 17.3. The molecule has 0 aliphatic heterocycles. The van der Waals surface area contributed by atoms with E-state index in [-0.39, 0.29) is 17.8 Å². The molecule has 31 heavy (non-hydrogen) atoms. The number of carbonyl (C=O) groups is 2. The van der Waals surface area contributed by atoms with E-state index < -0.39 is 35.1 Å². The van der Waals surface area contributed by atoms with Crippen LogP contribution in [-0.4, -0.2) is 27.0 Å². The predicted octanol–water partition coefficient (Wildman–Crippen LogP) is 2.61. The fraction of sp³-hybridized carbons (Fsp3) is 0.273. The maximum atomic E-state index is 13.0. The SMILES string of the molecule is CC(C)(C)OC(=O)Cn1c(=O)c(C(=O)NCc2ccc(Cl)cc2)cc2ccc(=O)[nH]c21. The molecule has 3 rings (SSSR count). The van der Waals surface area contributed by atoms with Crippen LogP contribution >= 0.6 is 11.6 Å². The summed E-state index contributed by atoms with van der Waals surface area (Å²) in [6, 6.07) is 11.1. The fourth-order valence-electron chi connectivity index (χ4n) is 2.98. The predicted molar refractivity (Wildman–Crippen MR) is 117 cm³/mol. The van der Waals surface area contributed by atoms with E-state index in [1.165, 1.54) is 18.2 Å². The van der Waals surface area contributed by atoms with Gasteiger partial charge in [0, 0.05) is 23.0 Å². The molecule has 0 saturated heterocycles. The number of benzene rings is 1. The lowest BCUT2D eigenvalue weighted by atomic mass is 10.1. The molecule has 0 saturated carbocycles. The van der Waals surface area contributed by atoms with Crippen molar-refractivity contribution in [3.05, 3.63) is 79.3 Å². The number of nitrogens with one attached hydrogen (secondary N) is 2. The van der Waals surface area contributed by atoms with Crippen LogP contribution in [0.4, 0.5) is 0 Å². The Hall–Kier alpha value is -3.39. The van der Waals surface area contributed by atoms with Crippen molar-refractivity contribution in [2.24, 2.45) is 0 Å². The Labute approximate surface area is 182 Å². The number of nitrogens with zero attached hydrogens (tertiary/aromatic N) is 1. The Bertz CT molecular complexity index is 1250. The largest absolute Gasteiger partial charge is 0.459 e. The topological polar surface area (TPSA) is 110 Å². The van der Waals surface area contributed by atoms with Gasteiger partial charge < -0.3 is 15.0 Å². The number of fused-ring (bicyclic) bond motifs is 1. The number of hydrogen-bond donors (Lipinski definition) is 2. The van der Waals surface area contributed by atoms with Crippen LogP contribution in [0, 0.1) is 0 Å². The van der Waals surface area contributed by atoms with E-state index in [9.17, 15) is 19.2 Å². The molecular formula is C22H22ClN3O5. The molecule has 2 N–H and O–H groups in total. The molecule has 1 aromatic carbocycles. The monoisotopic (exact) mass is 443 g/mol. The normalized spacial score (nSPS) is 11.4. The van der Waals surface area contributed by atoms with Crippen LogP contribution in [0.15, 0.2) is 52.1 Å². The summed E-state index contributed by atoms with van der Waals surface area (Å²) in [4.78, 5) is 52.5. The number of H-pyrrole nitrogens is 1. The van der Waals surface area contributed by atoms with Crippen LogP contribution in [0.3, 0.4) is 0 Å². The first-order valence-electron chi connectivity index (χ1n) is 9.55. The zero-order valence-corrected chi connectivity index (χ0v) is 18.1. The lowest BCUT2D eigenvalue weighted by molar-refractivity contribution is -0.155. The molecule has 0 aliphatic carbocycles. The van der Waals surface area contributed by atoms with Gasteiger partial charge in [0.05, 0.1) is 0 Å². The van der Waals surface area contributed by atoms with Gasteiger partial charge in [-0.3, -0.25) is 23.7 Å². The third kappa shape index (κ3) is 5.61. The van der Waals surface area contributed by atoms with Gasteiger partial charge in [0.1, 0.15) is 23.4 Å². The van der Waals surface area contributed by atoms with Gasteiger partial charge in [-0.2, -0.15) is 0 Å². The minimum atomic E-state index is -0.753. The highest BCUT2D eigenvalue weighted by Gasteiger charge is 2.21. The van der Waals surface area contributed by atoms with E-state index in [0.29, 0.717) is 10.4 Å². The number of ether oxygens (including phenoxy) is 1. The van der Waals surface area contributed by atoms with E-state index in [1.807, 2.05) is 0 Å². The average Bonchev–Trinajstić information content (AvgIpc) is 2.68. The van der Waals surface area contributed by atoms with Gasteiger partial charge in [0.2, 0.25) is 5.56 Å². The van der Waals surface area contributed by atoms with Crippen molar-refractivity contribution >= 4 is 34.5 Å². The summed E-state index contributed by atoms with van der Waals surface area (Å²) < 4.78 is 6.33. The highest BCUT2D eigenvalue weighted by atomic mass is 35.5. The van der Waals surface area contributed by atoms with E-state index in [4.69, 9.17) is 16.3 Å². The van der Waals surface area contributed by atoms with Crippen molar-refractivity contribution < 1.29 is 14.3 Å². The van der Waals surface area contributed by atoms with Crippen molar-refractivity contribution in [1.82, 2.24) is 14.9 Å². The number of aromatic amines is 1. The molecule has 0 atom stereocenters. The van der Waals surface area contributed by atoms with Crippen LogP contribution in [0.2, 0.25) is 5.02 Å². The summed E-state index contributed by atoms with van der Waals surface area (Å²) in [5.41, 5.74) is -1.12. The first kappa shape index (κ1) is 22.3. The number of carbonyl (C=O) groups excluding carboxylic acids is 2. The molecule has 0 unspecified atom stereocenters. The molecule has 3 aromatic rings. The lowest BCUT2D eigenvalue weighted by Crippen LogP contribution is -2.36. The lowest BCUT2D eigenvalue weighted by Gasteiger charge is -2.20. The first-order chi connectivity index (χ1) is 14.5. The Balaban J connectivity index is 1.97. The van der Waals surface area contributed by atoms with Crippen LogP contribution in [0.1, 0.15) is 36.7 Å². The zero-order chi connectivity index (χ0) is 22.8. The summed E-state index contributed by atoms with van der Waals surface area (Å²) >= 11 is 5.86. The van der Waals surface area contributed by atoms with Gasteiger partial charge in [-0.1, -0.05) is 23.7 Å². The van der Waals surface area contributed by atoms with Gasteiger partial charge in [-0.15, -0.1) is 0 Å². The highest BCUT2D eigenvalue weighted by molar-refractivity contribution is 6.30. The van der Waals surface area contributed by atoms with Gasteiger partial charge in [0.25, 0.3) is 11.5 Å². The third-order valence-corrected chi connectivity index (χ3v) is 4.54. The molecule has 2 heterocycles. The van der Waals surface area contributed by atoms with E-state index >= 15 is 0 Å². The molecule has 1 amide bonds. The number of rotatable bonds is 5. The molecule has 0 bridgehead atoms. The molecule has 0 aliphatic rings. The maximum Gasteiger partial charge on any atom is 0.326 e. The molecule has 9 heteroatoms. The van der Waals surface area contributed by atoms with Crippen LogP contribution in [0.25, 0.3) is 11.0 Å². The minimum Gasteiger partial charge on any atom is -0.459 e. The van der Waals surface area contributed by atoms with Crippen molar-refractivity contribution in [2.75, 3.05) is 0 Å². The summed E-state index contributed by atoms with van der Waals surface area (Å²) in [6.07, 6.45) is 0. The maximum absolute atomic E-state index is 13.0. The van der Waals surface area contributed by atoms with Crippen molar-refractivity contribution in [3.63, 3.8) is 0 Å². The Morgan fingerprint density at radius 2 is 1.77 bits per heavy atom. The highest BCUT2D eigenvalue weighted by Crippen LogP contribution is 2.13. The molecule has 0 fully saturated rings. The first-order valence-corrected chi connectivity index (χ1v) is 9.93. The van der Waals surface area contributed by atoms with Crippen LogP contribution < -0.4 is 16.4 Å². The number of esters is 1. The quantitative estimate of drug-likeness (QED) is 0.589. The second-order valence-corrected chi connectivity index (χ2v) is 8.41. The van der Waals surface area contributed by atoms with E-state index in [2.05, 4.69) is 10.3 Å². The smallest absolute Gasteiger partial charge is 0.326 e. The number of hydrogen-bond acceptors (Lipinski definition) is 5. The van der Waals surface area contributed by atoms with Gasteiger partial charge in [-0.25, -0.2) is 0 Å². The molecule has 2 aromatic heterocycles. The van der Waals surface area contributed by atoms with Crippen molar-refractivity contribution in [3.8, 4) is 0 Å². The van der Waals surface area contributed by atoms with Crippen molar-refractivity contribution in [2.45, 2.75) is 39.5 Å². The molecular weight excluding hydrogens is 422 g/mol. The average molecular weight is 444 g/mol. The Morgan fingerprint density at radius 1 is 1.10 bits per heavy atom. The van der Waals surface area contributed by atoms with Gasteiger partial charge in [-0.05, 0) is 50.6 Å². The van der Waals surface area contributed by atoms with Crippen LogP contribution in [0.5, 0.6) is 0 Å². The van der Waals surface area contributed by atoms with Crippen molar-refractivity contribution in [1.29, 1.82) is 0 Å². The summed E-state index contributed by atoms with van der Waals surface area (Å²) in [5, 5.41) is 3.69. The van der Waals surface area contributed by atoms with E-state index in [1.54, 1.807) is 45.0 Å². The molecule has 8 nitrogen and oxygen atoms in total. The number of pyridine rings is 2. The van der Waals surface area contributed by atoms with Gasteiger partial charge in [0.15, 0.2) is 0 Å². The number of aromatic nitrogens is 2. The standard InChI is InChI=1S/C22H22ClN3O5/c1-22(2,3)31-18(28)12-26-19-14(6-9-17(27)25-19)10-16(21(26)30)20(29)24-11-13-4-7-15(23)8-5-13/h4-10H,11-12H2,1-3H3,(H,24,29)(H,25,27). The number of halogens is 1. The summed E-state index contributed by atoms with van der Waals surface area (Å²) in [6.45, 7) is 4.84. The molecule has 0 radical (unpaired) electrons. The molecule has 0 spiro atoms. The number of amides is 1. The third-order valence-electron chi connectivity index (χ3n) is 4.29. The Kier molecular flexibility index (Phi) is 6.31. The van der Waals surface area contributed by atoms with Gasteiger partial charge >= 0.3 is 5.97 Å². The Morgan fingerprint density at radius 3 is 2.42 bits per heavy atom. The van der Waals surface area contributed by atoms with E-state index in [0.717, 1.165) is 10.1 Å². The molecule has 162 valence electrons. The summed E-state index contributed by atoms with van der Waals surface area (Å²) in [7, 11) is 0. The second-order valence-electron chi connectivity index (χ2n) is 7.97.